The van der Waals surface area contributed by atoms with Gasteiger partial charge in [0.1, 0.15) is 17.4 Å². The van der Waals surface area contributed by atoms with E-state index in [1.165, 1.54) is 7.05 Å². The molecule has 0 unspecified atom stereocenters. The van der Waals surface area contributed by atoms with Crippen molar-refractivity contribution in [2.75, 3.05) is 17.7 Å². The predicted octanol–water partition coefficient (Wildman–Crippen LogP) is 3.30. The zero-order valence-electron chi connectivity index (χ0n) is 11.6. The fourth-order valence-electron chi connectivity index (χ4n) is 1.67. The van der Waals surface area contributed by atoms with E-state index >= 15 is 0 Å². The van der Waals surface area contributed by atoms with Gasteiger partial charge in [-0.25, -0.2) is 9.97 Å². The lowest BCUT2D eigenvalue weighted by molar-refractivity contribution is -0.137. The van der Waals surface area contributed by atoms with E-state index in [0.29, 0.717) is 12.3 Å². The molecular formula is C13H15F3N4O. The van der Waals surface area contributed by atoms with E-state index in [9.17, 15) is 13.2 Å². The Morgan fingerprint density at radius 2 is 1.95 bits per heavy atom. The lowest BCUT2D eigenvalue weighted by Gasteiger charge is -2.11. The summed E-state index contributed by atoms with van der Waals surface area (Å²) in [5.74, 6) is 1.36. The summed E-state index contributed by atoms with van der Waals surface area (Å²) in [7, 11) is 1.51. The van der Waals surface area contributed by atoms with Gasteiger partial charge in [-0.15, -0.1) is 0 Å². The maximum absolute atomic E-state index is 12.8. The quantitative estimate of drug-likeness (QED) is 0.887. The number of pyridine rings is 1. The zero-order valence-corrected chi connectivity index (χ0v) is 11.6. The maximum Gasteiger partial charge on any atom is 0.416 e. The van der Waals surface area contributed by atoms with Gasteiger partial charge in [0.25, 0.3) is 0 Å². The molecule has 114 valence electrons. The van der Waals surface area contributed by atoms with Gasteiger partial charge in [-0.1, -0.05) is 6.92 Å². The minimum absolute atomic E-state index is 0.102. The number of nitrogens with zero attached hydrogens (tertiary/aromatic N) is 2. The molecule has 8 heteroatoms. The summed E-state index contributed by atoms with van der Waals surface area (Å²) >= 11 is 0. The number of aromatic nitrogens is 2. The largest absolute Gasteiger partial charge is 0.444 e. The zero-order chi connectivity index (χ0) is 15.5. The number of hydrogen-bond donors (Lipinski definition) is 2. The molecule has 0 bridgehead atoms. The fourth-order valence-corrected chi connectivity index (χ4v) is 1.67. The Morgan fingerprint density at radius 3 is 2.52 bits per heavy atom. The highest BCUT2D eigenvalue weighted by Crippen LogP contribution is 2.32. The third-order valence-electron chi connectivity index (χ3n) is 2.78. The fraction of sp³-hybridized carbons (Fsp3) is 0.385. The van der Waals surface area contributed by atoms with Gasteiger partial charge in [0.2, 0.25) is 5.89 Å². The molecule has 2 aromatic heterocycles. The number of alkyl halides is 3. The highest BCUT2D eigenvalue weighted by molar-refractivity contribution is 5.49. The number of nitrogens with one attached hydrogen (secondary N) is 2. The number of anilines is 2. The Hall–Kier alpha value is -2.25. The molecule has 2 rings (SSSR count). The van der Waals surface area contributed by atoms with Crippen molar-refractivity contribution in [2.24, 2.45) is 0 Å². The smallest absolute Gasteiger partial charge is 0.416 e. The Morgan fingerprint density at radius 1 is 1.24 bits per heavy atom. The monoisotopic (exact) mass is 300 g/mol. The molecule has 0 radical (unpaired) electrons. The third-order valence-corrected chi connectivity index (χ3v) is 2.78. The normalized spacial score (nSPS) is 11.5. The summed E-state index contributed by atoms with van der Waals surface area (Å²) in [6.45, 7) is 2.09. The van der Waals surface area contributed by atoms with Gasteiger partial charge in [0.15, 0.2) is 0 Å². The lowest BCUT2D eigenvalue weighted by Crippen LogP contribution is -2.10. The Balaban J connectivity index is 2.15. The molecule has 0 aliphatic rings. The molecule has 0 amide bonds. The molecule has 0 atom stereocenters. The van der Waals surface area contributed by atoms with Gasteiger partial charge >= 0.3 is 6.18 Å². The van der Waals surface area contributed by atoms with Crippen LogP contribution in [0.1, 0.15) is 24.1 Å². The number of halogens is 3. The molecule has 2 heterocycles. The van der Waals surface area contributed by atoms with E-state index in [-0.39, 0.29) is 18.2 Å². The van der Waals surface area contributed by atoms with Crippen LogP contribution in [-0.4, -0.2) is 17.0 Å². The van der Waals surface area contributed by atoms with Crippen molar-refractivity contribution in [2.45, 2.75) is 26.1 Å². The number of aryl methyl sites for hydroxylation is 1. The van der Waals surface area contributed by atoms with Crippen LogP contribution in [0.15, 0.2) is 22.7 Å². The van der Waals surface area contributed by atoms with Crippen molar-refractivity contribution in [1.29, 1.82) is 0 Å². The van der Waals surface area contributed by atoms with E-state index in [0.717, 1.165) is 17.9 Å². The molecule has 21 heavy (non-hydrogen) atoms. The Kier molecular flexibility index (Phi) is 4.35. The van der Waals surface area contributed by atoms with Gasteiger partial charge in [-0.05, 0) is 12.1 Å². The van der Waals surface area contributed by atoms with Crippen LogP contribution in [0.3, 0.4) is 0 Å². The van der Waals surface area contributed by atoms with E-state index < -0.39 is 11.7 Å². The van der Waals surface area contributed by atoms with Crippen LogP contribution in [0.4, 0.5) is 24.8 Å². The second-order valence-electron chi connectivity index (χ2n) is 4.30. The van der Waals surface area contributed by atoms with Crippen LogP contribution in [0.25, 0.3) is 0 Å². The van der Waals surface area contributed by atoms with Crippen molar-refractivity contribution >= 4 is 11.6 Å². The average molecular weight is 300 g/mol. The third kappa shape index (κ3) is 3.87. The van der Waals surface area contributed by atoms with E-state index in [4.69, 9.17) is 4.42 Å². The van der Waals surface area contributed by atoms with E-state index in [2.05, 4.69) is 20.6 Å². The van der Waals surface area contributed by atoms with Crippen LogP contribution in [0, 0.1) is 0 Å². The van der Waals surface area contributed by atoms with Crippen molar-refractivity contribution < 1.29 is 17.6 Å². The second-order valence-corrected chi connectivity index (χ2v) is 4.30. The van der Waals surface area contributed by atoms with Crippen molar-refractivity contribution in [1.82, 2.24) is 9.97 Å². The number of hydrogen-bond acceptors (Lipinski definition) is 5. The number of rotatable bonds is 5. The predicted molar refractivity (Wildman–Crippen MR) is 72.0 cm³/mol. The van der Waals surface area contributed by atoms with Crippen LogP contribution in [0.2, 0.25) is 0 Å². The molecule has 0 fully saturated rings. The maximum atomic E-state index is 12.8. The molecule has 0 spiro atoms. The van der Waals surface area contributed by atoms with Crippen molar-refractivity contribution in [3.8, 4) is 0 Å². The first-order chi connectivity index (χ1) is 9.92. The molecule has 2 N–H and O–H groups in total. The first kappa shape index (κ1) is 15.1. The Bertz CT molecular complexity index is 610. The lowest BCUT2D eigenvalue weighted by atomic mass is 10.2. The molecule has 0 aliphatic carbocycles. The number of oxazole rings is 1. The summed E-state index contributed by atoms with van der Waals surface area (Å²) in [5.41, 5.74) is -0.772. The van der Waals surface area contributed by atoms with Gasteiger partial charge in [0.05, 0.1) is 18.3 Å². The van der Waals surface area contributed by atoms with Crippen molar-refractivity contribution in [3.05, 3.63) is 35.5 Å². The second kappa shape index (κ2) is 6.02. The highest BCUT2D eigenvalue weighted by atomic mass is 19.4. The van der Waals surface area contributed by atoms with Gasteiger partial charge < -0.3 is 15.1 Å². The van der Waals surface area contributed by atoms with Crippen molar-refractivity contribution in [3.63, 3.8) is 0 Å². The van der Waals surface area contributed by atoms with Gasteiger partial charge in [-0.3, -0.25) is 0 Å². The molecule has 5 nitrogen and oxygen atoms in total. The minimum Gasteiger partial charge on any atom is -0.444 e. The first-order valence-corrected chi connectivity index (χ1v) is 6.37. The van der Waals surface area contributed by atoms with Crippen LogP contribution in [0.5, 0.6) is 0 Å². The summed E-state index contributed by atoms with van der Waals surface area (Å²) in [5, 5.41) is 5.38. The molecule has 0 saturated heterocycles. The van der Waals surface area contributed by atoms with E-state index in [1.54, 1.807) is 6.20 Å². The average Bonchev–Trinajstić information content (AvgIpc) is 2.92. The molecular weight excluding hydrogens is 285 g/mol. The van der Waals surface area contributed by atoms with Gasteiger partial charge in [0, 0.05) is 13.5 Å². The SMILES string of the molecule is CCc1cnc(CNc2cc(C(F)(F)F)cc(NC)n2)o1. The molecule has 0 aromatic carbocycles. The summed E-state index contributed by atoms with van der Waals surface area (Å²) in [6, 6.07) is 1.90. The molecule has 0 saturated carbocycles. The Labute approximate surface area is 119 Å². The van der Waals surface area contributed by atoms with Crippen LogP contribution >= 0.6 is 0 Å². The summed E-state index contributed by atoms with van der Waals surface area (Å²) in [4.78, 5) is 8.04. The molecule has 0 aliphatic heterocycles. The summed E-state index contributed by atoms with van der Waals surface area (Å²) < 4.78 is 43.7. The molecule has 2 aromatic rings. The van der Waals surface area contributed by atoms with Crippen LogP contribution < -0.4 is 10.6 Å². The highest BCUT2D eigenvalue weighted by Gasteiger charge is 2.31. The first-order valence-electron chi connectivity index (χ1n) is 6.37. The van der Waals surface area contributed by atoms with Gasteiger partial charge in [-0.2, -0.15) is 13.2 Å². The van der Waals surface area contributed by atoms with E-state index in [1.807, 2.05) is 6.92 Å². The summed E-state index contributed by atoms with van der Waals surface area (Å²) in [6.07, 6.45) is -2.13. The standard InChI is InChI=1S/C13H15F3N4O/c1-3-9-6-19-12(21-9)7-18-11-5-8(13(14,15)16)4-10(17-2)20-11/h4-6H,3,7H2,1-2H3,(H2,17,18,20). The van der Waals surface area contributed by atoms with Crippen LogP contribution in [-0.2, 0) is 19.1 Å². The topological polar surface area (TPSA) is 63.0 Å². The minimum atomic E-state index is -4.43.